The molecule has 0 bridgehead atoms. The Morgan fingerprint density at radius 1 is 1.44 bits per heavy atom. The van der Waals surface area contributed by atoms with Gasteiger partial charge in [-0.2, -0.15) is 0 Å². The molecule has 0 unspecified atom stereocenters. The molecule has 1 saturated carbocycles. The molecular weight excluding hydrogens is 252 g/mol. The van der Waals surface area contributed by atoms with Crippen molar-refractivity contribution in [3.63, 3.8) is 0 Å². The molecule has 0 aliphatic heterocycles. The number of para-hydroxylation sites is 1. The van der Waals surface area contributed by atoms with Crippen molar-refractivity contribution in [2.45, 2.75) is 32.6 Å². The lowest BCUT2D eigenvalue weighted by molar-refractivity contribution is -0.384. The van der Waals surface area contributed by atoms with Crippen LogP contribution in [0.4, 0.5) is 11.4 Å². The average Bonchev–Trinajstić information content (AvgIpc) is 2.74. The van der Waals surface area contributed by atoms with Gasteiger partial charge < -0.3 is 5.32 Å². The van der Waals surface area contributed by atoms with Crippen LogP contribution in [0.1, 0.15) is 32.6 Å². The van der Waals surface area contributed by atoms with Crippen molar-refractivity contribution < 1.29 is 4.92 Å². The topological polar surface area (TPSA) is 55.2 Å². The summed E-state index contributed by atoms with van der Waals surface area (Å²) in [4.78, 5) is 10.6. The van der Waals surface area contributed by atoms with Gasteiger partial charge in [0.05, 0.1) is 9.95 Å². The van der Waals surface area contributed by atoms with Gasteiger partial charge >= 0.3 is 0 Å². The predicted molar refractivity (Wildman–Crippen MR) is 73.2 cm³/mol. The SMILES string of the molecule is CC1(CNc2c(Cl)cccc2[N+](=O)[O-])CCCC1. The van der Waals surface area contributed by atoms with E-state index < -0.39 is 4.92 Å². The molecule has 1 N–H and O–H groups in total. The van der Waals surface area contributed by atoms with Gasteiger partial charge in [0.2, 0.25) is 0 Å². The van der Waals surface area contributed by atoms with E-state index in [2.05, 4.69) is 12.2 Å². The smallest absolute Gasteiger partial charge is 0.293 e. The summed E-state index contributed by atoms with van der Waals surface area (Å²) in [6.45, 7) is 2.95. The zero-order valence-corrected chi connectivity index (χ0v) is 11.2. The van der Waals surface area contributed by atoms with Gasteiger partial charge in [-0.1, -0.05) is 37.4 Å². The van der Waals surface area contributed by atoms with Gasteiger partial charge in [0.1, 0.15) is 5.69 Å². The normalized spacial score (nSPS) is 17.7. The van der Waals surface area contributed by atoms with Gasteiger partial charge in [-0.3, -0.25) is 10.1 Å². The minimum atomic E-state index is -0.398. The molecule has 4 nitrogen and oxygen atoms in total. The molecule has 0 saturated heterocycles. The summed E-state index contributed by atoms with van der Waals surface area (Å²) in [5.41, 5.74) is 0.717. The molecule has 0 heterocycles. The van der Waals surface area contributed by atoms with Crippen LogP contribution < -0.4 is 5.32 Å². The summed E-state index contributed by atoms with van der Waals surface area (Å²) in [6, 6.07) is 4.75. The molecule has 2 rings (SSSR count). The van der Waals surface area contributed by atoms with Gasteiger partial charge in [-0.05, 0) is 24.3 Å². The Kier molecular flexibility index (Phi) is 3.76. The Morgan fingerprint density at radius 2 is 2.11 bits per heavy atom. The third-order valence-corrected chi connectivity index (χ3v) is 4.01. The largest absolute Gasteiger partial charge is 0.378 e. The first-order valence-electron chi connectivity index (χ1n) is 6.19. The summed E-state index contributed by atoms with van der Waals surface area (Å²) in [7, 11) is 0. The second-order valence-corrected chi connectivity index (χ2v) is 5.67. The Balaban J connectivity index is 2.15. The monoisotopic (exact) mass is 268 g/mol. The zero-order valence-electron chi connectivity index (χ0n) is 10.4. The number of nitrogens with zero attached hydrogens (tertiary/aromatic N) is 1. The first kappa shape index (κ1) is 13.1. The van der Waals surface area contributed by atoms with Crippen molar-refractivity contribution in [3.8, 4) is 0 Å². The van der Waals surface area contributed by atoms with Crippen LogP contribution >= 0.6 is 11.6 Å². The van der Waals surface area contributed by atoms with E-state index in [1.165, 1.54) is 18.9 Å². The summed E-state index contributed by atoms with van der Waals surface area (Å²) in [5, 5.41) is 14.5. The van der Waals surface area contributed by atoms with Gasteiger partial charge in [-0.25, -0.2) is 0 Å². The fourth-order valence-electron chi connectivity index (χ4n) is 2.55. The molecule has 0 atom stereocenters. The Labute approximate surface area is 111 Å². The molecule has 0 radical (unpaired) electrons. The van der Waals surface area contributed by atoms with Gasteiger partial charge in [0.25, 0.3) is 5.69 Å². The highest BCUT2D eigenvalue weighted by molar-refractivity contribution is 6.33. The van der Waals surface area contributed by atoms with Gasteiger partial charge in [0, 0.05) is 12.6 Å². The van der Waals surface area contributed by atoms with Crippen LogP contribution in [-0.2, 0) is 0 Å². The first-order valence-corrected chi connectivity index (χ1v) is 6.56. The van der Waals surface area contributed by atoms with E-state index in [0.717, 1.165) is 19.4 Å². The maximum absolute atomic E-state index is 11.0. The Hall–Kier alpha value is -1.29. The minimum Gasteiger partial charge on any atom is -0.378 e. The van der Waals surface area contributed by atoms with Crippen LogP contribution in [-0.4, -0.2) is 11.5 Å². The van der Waals surface area contributed by atoms with E-state index in [0.29, 0.717) is 10.7 Å². The molecule has 0 aromatic heterocycles. The molecule has 1 aromatic rings. The summed E-state index contributed by atoms with van der Waals surface area (Å²) in [6.07, 6.45) is 4.81. The fraction of sp³-hybridized carbons (Fsp3) is 0.538. The van der Waals surface area contributed by atoms with Gasteiger partial charge in [0.15, 0.2) is 0 Å². The molecule has 98 valence electrons. The van der Waals surface area contributed by atoms with E-state index >= 15 is 0 Å². The lowest BCUT2D eigenvalue weighted by Gasteiger charge is -2.24. The number of hydrogen-bond acceptors (Lipinski definition) is 3. The van der Waals surface area contributed by atoms with E-state index in [4.69, 9.17) is 11.6 Å². The average molecular weight is 269 g/mol. The second-order valence-electron chi connectivity index (χ2n) is 5.26. The lowest BCUT2D eigenvalue weighted by atomic mass is 9.89. The summed E-state index contributed by atoms with van der Waals surface area (Å²) < 4.78 is 0. The van der Waals surface area contributed by atoms with Crippen LogP contribution in [0.3, 0.4) is 0 Å². The maximum Gasteiger partial charge on any atom is 0.293 e. The van der Waals surface area contributed by atoms with E-state index in [1.807, 2.05) is 0 Å². The van der Waals surface area contributed by atoms with Crippen LogP contribution in [0, 0.1) is 15.5 Å². The number of nitro groups is 1. The first-order chi connectivity index (χ1) is 8.52. The van der Waals surface area contributed by atoms with Crippen molar-refractivity contribution >= 4 is 23.0 Å². The number of rotatable bonds is 4. The molecule has 0 amide bonds. The quantitative estimate of drug-likeness (QED) is 0.656. The van der Waals surface area contributed by atoms with Crippen LogP contribution in [0.5, 0.6) is 0 Å². The number of anilines is 1. The number of halogens is 1. The molecule has 1 aliphatic rings. The highest BCUT2D eigenvalue weighted by Gasteiger charge is 2.29. The van der Waals surface area contributed by atoms with Crippen molar-refractivity contribution in [1.29, 1.82) is 0 Å². The number of nitro benzene ring substituents is 1. The molecule has 5 heteroatoms. The van der Waals surface area contributed by atoms with Crippen molar-refractivity contribution in [2.75, 3.05) is 11.9 Å². The van der Waals surface area contributed by atoms with E-state index in [9.17, 15) is 10.1 Å². The second kappa shape index (κ2) is 5.14. The molecule has 0 spiro atoms. The fourth-order valence-corrected chi connectivity index (χ4v) is 2.78. The number of nitrogens with one attached hydrogen (secondary N) is 1. The van der Waals surface area contributed by atoms with Crippen molar-refractivity contribution in [2.24, 2.45) is 5.41 Å². The molecule has 1 aliphatic carbocycles. The van der Waals surface area contributed by atoms with E-state index in [-0.39, 0.29) is 11.1 Å². The van der Waals surface area contributed by atoms with Crippen LogP contribution in [0.2, 0.25) is 5.02 Å². The van der Waals surface area contributed by atoms with Crippen molar-refractivity contribution in [1.82, 2.24) is 0 Å². The van der Waals surface area contributed by atoms with E-state index in [1.54, 1.807) is 12.1 Å². The molecular formula is C13H17ClN2O2. The highest BCUT2D eigenvalue weighted by Crippen LogP contribution is 2.39. The highest BCUT2D eigenvalue weighted by atomic mass is 35.5. The molecule has 1 aromatic carbocycles. The lowest BCUT2D eigenvalue weighted by Crippen LogP contribution is -2.23. The Bertz CT molecular complexity index is 456. The minimum absolute atomic E-state index is 0.0455. The third-order valence-electron chi connectivity index (χ3n) is 3.69. The van der Waals surface area contributed by atoms with Crippen LogP contribution in [0.15, 0.2) is 18.2 Å². The predicted octanol–water partition coefficient (Wildman–Crippen LogP) is 4.24. The van der Waals surface area contributed by atoms with Crippen LogP contribution in [0.25, 0.3) is 0 Å². The van der Waals surface area contributed by atoms with Gasteiger partial charge in [-0.15, -0.1) is 0 Å². The van der Waals surface area contributed by atoms with Crippen molar-refractivity contribution in [3.05, 3.63) is 33.3 Å². The standard InChI is InChI=1S/C13H17ClN2O2/c1-13(7-2-3-8-13)9-15-12-10(14)5-4-6-11(12)16(17)18/h4-6,15H,2-3,7-9H2,1H3. The third kappa shape index (κ3) is 2.75. The Morgan fingerprint density at radius 3 is 2.72 bits per heavy atom. The number of hydrogen-bond donors (Lipinski definition) is 1. The molecule has 1 fully saturated rings. The zero-order chi connectivity index (χ0) is 13.2. The number of benzene rings is 1. The summed E-state index contributed by atoms with van der Waals surface area (Å²) >= 11 is 6.04. The molecule has 18 heavy (non-hydrogen) atoms. The maximum atomic E-state index is 11.0. The summed E-state index contributed by atoms with van der Waals surface area (Å²) in [5.74, 6) is 0.